The molecule has 312 valence electrons. The van der Waals surface area contributed by atoms with Gasteiger partial charge in [-0.05, 0) is 79.9 Å². The summed E-state index contributed by atoms with van der Waals surface area (Å²) in [6, 6.07) is 25.3. The Morgan fingerprint density at radius 1 is 0.810 bits per heavy atom. The van der Waals surface area contributed by atoms with Gasteiger partial charge in [0.05, 0.1) is 26.4 Å². The van der Waals surface area contributed by atoms with Crippen molar-refractivity contribution in [1.82, 2.24) is 10.6 Å². The third kappa shape index (κ3) is 17.7. The summed E-state index contributed by atoms with van der Waals surface area (Å²) in [5, 5.41) is 16.5. The molecule has 4 rings (SSSR count). The van der Waals surface area contributed by atoms with Gasteiger partial charge >= 0.3 is 0 Å². The molecule has 1 atom stereocenters. The van der Waals surface area contributed by atoms with E-state index in [1.165, 1.54) is 30.4 Å². The molecule has 0 fully saturated rings. The van der Waals surface area contributed by atoms with Crippen molar-refractivity contribution in [3.8, 4) is 17.2 Å². The molecule has 3 aromatic rings. The average molecular weight is 793 g/mol. The van der Waals surface area contributed by atoms with Crippen LogP contribution in [0.5, 0.6) is 17.2 Å². The lowest BCUT2D eigenvalue weighted by Gasteiger charge is -2.32. The third-order valence-corrected chi connectivity index (χ3v) is 9.69. The van der Waals surface area contributed by atoms with Crippen LogP contribution in [0.2, 0.25) is 0 Å². The van der Waals surface area contributed by atoms with Crippen LogP contribution in [0.15, 0.2) is 138 Å². The van der Waals surface area contributed by atoms with Gasteiger partial charge in [0.2, 0.25) is 5.91 Å². The van der Waals surface area contributed by atoms with Crippen LogP contribution in [0.1, 0.15) is 65.0 Å². The normalized spacial score (nSPS) is 15.2. The number of hydrogen-bond acceptors (Lipinski definition) is 8. The number of allylic oxidation sites excluding steroid dienone is 9. The largest absolute Gasteiger partial charge is 0.491 e. The second-order valence-corrected chi connectivity index (χ2v) is 15.3. The first-order valence-electron chi connectivity index (χ1n) is 20.4. The van der Waals surface area contributed by atoms with Crippen molar-refractivity contribution in [1.29, 1.82) is 0 Å². The molecule has 3 N–H and O–H groups in total. The molecule has 0 bridgehead atoms. The first-order valence-corrected chi connectivity index (χ1v) is 20.4. The smallest absolute Gasteiger partial charge is 0.244 e. The first kappa shape index (κ1) is 45.8. The summed E-state index contributed by atoms with van der Waals surface area (Å²) in [6.07, 6.45) is 15.0. The highest BCUT2D eigenvalue weighted by Crippen LogP contribution is 2.41. The molecule has 0 spiro atoms. The number of amides is 1. The minimum Gasteiger partial charge on any atom is -0.491 e. The molecule has 0 radical (unpaired) electrons. The maximum atomic E-state index is 12.3. The van der Waals surface area contributed by atoms with E-state index >= 15 is 0 Å². The maximum Gasteiger partial charge on any atom is 0.244 e. The highest BCUT2D eigenvalue weighted by atomic mass is 16.5. The van der Waals surface area contributed by atoms with Gasteiger partial charge in [-0.25, -0.2) is 0 Å². The van der Waals surface area contributed by atoms with Crippen molar-refractivity contribution in [3.05, 3.63) is 149 Å². The van der Waals surface area contributed by atoms with Crippen LogP contribution in [-0.2, 0) is 27.5 Å². The first-order chi connectivity index (χ1) is 28.1. The summed E-state index contributed by atoms with van der Waals surface area (Å²) in [7, 11) is 0. The van der Waals surface area contributed by atoms with Crippen molar-refractivity contribution in [2.45, 2.75) is 73.2 Å². The van der Waals surface area contributed by atoms with Gasteiger partial charge in [-0.2, -0.15) is 0 Å². The topological polar surface area (TPSA) is 108 Å². The van der Waals surface area contributed by atoms with Crippen LogP contribution in [-0.4, -0.2) is 69.8 Å². The third-order valence-electron chi connectivity index (χ3n) is 9.69. The molecule has 3 aromatic carbocycles. The lowest BCUT2D eigenvalue weighted by atomic mass is 9.72. The fourth-order valence-corrected chi connectivity index (χ4v) is 6.45. The summed E-state index contributed by atoms with van der Waals surface area (Å²) >= 11 is 0. The number of carbonyl (C=O) groups excluding carboxylic acids is 1. The van der Waals surface area contributed by atoms with Gasteiger partial charge in [-0.1, -0.05) is 116 Å². The SMILES string of the molecule is CC1=C(/C=C/C(C)=C/C=C/C(C)=C/C(=O)NCCOCCOCCNCC(O)COc2ccc(OCc3ccccc3)c(OCc3ccccc3)c2)C(C)(C)CCC1. The summed E-state index contributed by atoms with van der Waals surface area (Å²) < 4.78 is 29.3. The molecule has 0 saturated heterocycles. The fourth-order valence-electron chi connectivity index (χ4n) is 6.45. The van der Waals surface area contributed by atoms with Crippen LogP contribution < -0.4 is 24.8 Å². The number of benzene rings is 3. The van der Waals surface area contributed by atoms with Gasteiger partial charge < -0.3 is 39.4 Å². The molecule has 1 aliphatic carbocycles. The molecule has 58 heavy (non-hydrogen) atoms. The van der Waals surface area contributed by atoms with Gasteiger partial charge in [-0.3, -0.25) is 4.79 Å². The second-order valence-electron chi connectivity index (χ2n) is 15.3. The van der Waals surface area contributed by atoms with Crippen molar-refractivity contribution in [2.75, 3.05) is 52.7 Å². The summed E-state index contributed by atoms with van der Waals surface area (Å²) in [5.41, 5.74) is 7.30. The number of aliphatic hydroxyl groups excluding tert-OH is 1. The van der Waals surface area contributed by atoms with E-state index in [9.17, 15) is 9.90 Å². The Labute approximate surface area is 346 Å². The van der Waals surface area contributed by atoms with Crippen LogP contribution in [0, 0.1) is 5.41 Å². The minimum absolute atomic E-state index is 0.110. The summed E-state index contributed by atoms with van der Waals surface area (Å²) in [5.74, 6) is 1.60. The molecule has 0 aromatic heterocycles. The Balaban J connectivity index is 1.03. The Morgan fingerprint density at radius 2 is 1.47 bits per heavy atom. The molecule has 0 saturated carbocycles. The number of rotatable bonds is 25. The van der Waals surface area contributed by atoms with Crippen LogP contribution in [0.4, 0.5) is 0 Å². The fraction of sp³-hybridized carbons (Fsp3) is 0.408. The van der Waals surface area contributed by atoms with Gasteiger partial charge in [0.15, 0.2) is 11.5 Å². The zero-order valence-electron chi connectivity index (χ0n) is 35.1. The molecule has 1 unspecified atom stereocenters. The Morgan fingerprint density at radius 3 is 2.14 bits per heavy atom. The lowest BCUT2D eigenvalue weighted by Crippen LogP contribution is -2.33. The van der Waals surface area contributed by atoms with Gasteiger partial charge in [0, 0.05) is 31.8 Å². The molecule has 1 aliphatic rings. The molecule has 0 heterocycles. The predicted molar refractivity (Wildman–Crippen MR) is 233 cm³/mol. The van der Waals surface area contributed by atoms with E-state index in [1.807, 2.05) is 91.9 Å². The van der Waals surface area contributed by atoms with Gasteiger partial charge in [0.25, 0.3) is 0 Å². The van der Waals surface area contributed by atoms with E-state index in [-0.39, 0.29) is 17.9 Å². The zero-order valence-corrected chi connectivity index (χ0v) is 35.1. The number of nitrogens with one attached hydrogen (secondary N) is 2. The Hall–Kier alpha value is -4.93. The Kier molecular flexibility index (Phi) is 20.1. The van der Waals surface area contributed by atoms with E-state index in [4.69, 9.17) is 23.7 Å². The van der Waals surface area contributed by atoms with E-state index in [1.54, 1.807) is 12.1 Å². The summed E-state index contributed by atoms with van der Waals surface area (Å²) in [4.78, 5) is 12.3. The minimum atomic E-state index is -0.717. The quantitative estimate of drug-likeness (QED) is 0.0444. The van der Waals surface area contributed by atoms with Gasteiger partial charge in [0.1, 0.15) is 31.7 Å². The number of ether oxygens (including phenoxy) is 5. The zero-order chi connectivity index (χ0) is 41.4. The Bertz CT molecular complexity index is 1830. The molecular formula is C49H64N2O7. The van der Waals surface area contributed by atoms with E-state index in [2.05, 4.69) is 56.6 Å². The number of hydrogen-bond donors (Lipinski definition) is 3. The van der Waals surface area contributed by atoms with E-state index in [0.717, 1.165) is 22.3 Å². The predicted octanol–water partition coefficient (Wildman–Crippen LogP) is 8.85. The second kappa shape index (κ2) is 25.4. The molecule has 9 heteroatoms. The number of aliphatic hydroxyl groups is 1. The van der Waals surface area contributed by atoms with E-state index in [0.29, 0.717) is 76.5 Å². The van der Waals surface area contributed by atoms with Crippen LogP contribution in [0.25, 0.3) is 0 Å². The number of carbonyl (C=O) groups is 1. The van der Waals surface area contributed by atoms with Crippen LogP contribution in [0.3, 0.4) is 0 Å². The monoisotopic (exact) mass is 792 g/mol. The van der Waals surface area contributed by atoms with Crippen molar-refractivity contribution in [2.24, 2.45) is 5.41 Å². The van der Waals surface area contributed by atoms with Gasteiger partial charge in [-0.15, -0.1) is 0 Å². The highest BCUT2D eigenvalue weighted by Gasteiger charge is 2.26. The molecule has 1 amide bonds. The van der Waals surface area contributed by atoms with E-state index < -0.39 is 6.10 Å². The lowest BCUT2D eigenvalue weighted by molar-refractivity contribution is -0.116. The molecular weight excluding hydrogens is 729 g/mol. The molecule has 0 aliphatic heterocycles. The van der Waals surface area contributed by atoms with Crippen LogP contribution >= 0.6 is 0 Å². The van der Waals surface area contributed by atoms with Crippen molar-refractivity contribution < 1.29 is 33.6 Å². The average Bonchev–Trinajstić information content (AvgIpc) is 3.21. The van der Waals surface area contributed by atoms with Crippen molar-refractivity contribution in [3.63, 3.8) is 0 Å². The standard InChI is InChI=1S/C49H64N2O7/c1-38(21-23-45-40(3)16-13-25-49(45,4)5)14-12-15-39(2)32-48(53)51-27-29-55-31-30-54-28-26-50-34-43(52)37-56-44-22-24-46(57-35-41-17-8-6-9-18-41)47(33-44)58-36-42-19-10-7-11-20-42/h6-12,14-15,17-24,32-33,43,50,52H,13,16,25-31,34-37H2,1-5H3,(H,51,53)/b15-12+,23-21+,38-14+,39-32+. The van der Waals surface area contributed by atoms with Crippen molar-refractivity contribution >= 4 is 5.91 Å². The summed E-state index contributed by atoms with van der Waals surface area (Å²) in [6.45, 7) is 14.9. The molecule has 9 nitrogen and oxygen atoms in total. The highest BCUT2D eigenvalue weighted by molar-refractivity contribution is 5.88. The maximum absolute atomic E-state index is 12.3.